The summed E-state index contributed by atoms with van der Waals surface area (Å²) in [4.78, 5) is 22.2. The van der Waals surface area contributed by atoms with Crippen LogP contribution in [0.2, 0.25) is 0 Å². The fourth-order valence-corrected chi connectivity index (χ4v) is 3.97. The molecule has 28 heavy (non-hydrogen) atoms. The Hall–Kier alpha value is -3.00. The van der Waals surface area contributed by atoms with Gasteiger partial charge in [0.1, 0.15) is 5.01 Å². The number of rotatable bonds is 5. The minimum Gasteiger partial charge on any atom is -0.370 e. The van der Waals surface area contributed by atoms with E-state index in [1.54, 1.807) is 23.7 Å². The van der Waals surface area contributed by atoms with Gasteiger partial charge in [0.25, 0.3) is 0 Å². The Balaban J connectivity index is 1.27. The molecule has 0 aliphatic carbocycles. The van der Waals surface area contributed by atoms with Crippen LogP contribution in [0.25, 0.3) is 10.6 Å². The predicted octanol–water partition coefficient (Wildman–Crippen LogP) is 2.28. The average Bonchev–Trinajstić information content (AvgIpc) is 3.24. The maximum atomic E-state index is 6.20. The molecule has 2 aromatic heterocycles. The Labute approximate surface area is 168 Å². The Morgan fingerprint density at radius 3 is 2.54 bits per heavy atom. The SMILES string of the molecule is NC(=NCCc1csc(-c2ccccc2)n1)N1CCN(c2ncccn2)CC1. The minimum absolute atomic E-state index is 0.604. The third-order valence-electron chi connectivity index (χ3n) is 4.65. The minimum atomic E-state index is 0.604. The van der Waals surface area contributed by atoms with Gasteiger partial charge < -0.3 is 15.5 Å². The van der Waals surface area contributed by atoms with Crippen molar-refractivity contribution in [1.29, 1.82) is 0 Å². The van der Waals surface area contributed by atoms with Crippen molar-refractivity contribution in [1.82, 2.24) is 19.9 Å². The molecule has 0 saturated carbocycles. The molecule has 4 rings (SSSR count). The van der Waals surface area contributed by atoms with E-state index in [0.717, 1.165) is 54.8 Å². The summed E-state index contributed by atoms with van der Waals surface area (Å²) in [5.41, 5.74) is 8.42. The summed E-state index contributed by atoms with van der Waals surface area (Å²) in [6, 6.07) is 12.1. The van der Waals surface area contributed by atoms with Gasteiger partial charge in [0.2, 0.25) is 5.95 Å². The van der Waals surface area contributed by atoms with Crippen molar-refractivity contribution in [2.45, 2.75) is 6.42 Å². The van der Waals surface area contributed by atoms with E-state index < -0.39 is 0 Å². The lowest BCUT2D eigenvalue weighted by molar-refractivity contribution is 0.378. The molecule has 3 heterocycles. The first-order chi connectivity index (χ1) is 13.8. The molecule has 7 nitrogen and oxygen atoms in total. The van der Waals surface area contributed by atoms with Gasteiger partial charge in [-0.2, -0.15) is 0 Å². The van der Waals surface area contributed by atoms with Crippen LogP contribution in [0, 0.1) is 0 Å². The lowest BCUT2D eigenvalue weighted by Crippen LogP contribution is -2.51. The van der Waals surface area contributed by atoms with Gasteiger partial charge in [-0.15, -0.1) is 11.3 Å². The molecular formula is C20H23N7S. The Bertz CT molecular complexity index is 903. The number of hydrogen-bond acceptors (Lipinski definition) is 6. The van der Waals surface area contributed by atoms with E-state index in [1.165, 1.54) is 0 Å². The number of hydrogen-bond donors (Lipinski definition) is 1. The normalized spacial score (nSPS) is 15.1. The predicted molar refractivity (Wildman–Crippen MR) is 114 cm³/mol. The van der Waals surface area contributed by atoms with E-state index in [4.69, 9.17) is 10.7 Å². The summed E-state index contributed by atoms with van der Waals surface area (Å²) >= 11 is 1.67. The monoisotopic (exact) mass is 393 g/mol. The Morgan fingerprint density at radius 1 is 1.04 bits per heavy atom. The zero-order valence-electron chi connectivity index (χ0n) is 15.6. The van der Waals surface area contributed by atoms with E-state index in [2.05, 4.69) is 42.3 Å². The van der Waals surface area contributed by atoms with Crippen molar-refractivity contribution in [3.8, 4) is 10.6 Å². The highest BCUT2D eigenvalue weighted by Crippen LogP contribution is 2.23. The highest BCUT2D eigenvalue weighted by molar-refractivity contribution is 7.13. The van der Waals surface area contributed by atoms with Crippen LogP contribution < -0.4 is 10.6 Å². The summed E-state index contributed by atoms with van der Waals surface area (Å²) in [6.45, 7) is 3.97. The van der Waals surface area contributed by atoms with Gasteiger partial charge in [0, 0.05) is 62.5 Å². The summed E-state index contributed by atoms with van der Waals surface area (Å²) < 4.78 is 0. The van der Waals surface area contributed by atoms with E-state index in [-0.39, 0.29) is 0 Å². The van der Waals surface area contributed by atoms with Crippen molar-refractivity contribution >= 4 is 23.2 Å². The number of anilines is 1. The molecule has 1 saturated heterocycles. The number of piperazine rings is 1. The third kappa shape index (κ3) is 4.45. The fraction of sp³-hybridized carbons (Fsp3) is 0.300. The van der Waals surface area contributed by atoms with Crippen LogP contribution in [-0.2, 0) is 6.42 Å². The zero-order valence-corrected chi connectivity index (χ0v) is 16.4. The van der Waals surface area contributed by atoms with Crippen LogP contribution in [-0.4, -0.2) is 58.5 Å². The van der Waals surface area contributed by atoms with Gasteiger partial charge in [-0.3, -0.25) is 4.99 Å². The Kier molecular flexibility index (Phi) is 5.77. The lowest BCUT2D eigenvalue weighted by atomic mass is 10.2. The molecule has 0 spiro atoms. The molecule has 0 unspecified atom stereocenters. The summed E-state index contributed by atoms with van der Waals surface area (Å²) in [7, 11) is 0. The molecule has 1 aliphatic rings. The molecule has 1 aliphatic heterocycles. The molecule has 1 fully saturated rings. The smallest absolute Gasteiger partial charge is 0.225 e. The number of thiazole rings is 1. The van der Waals surface area contributed by atoms with Crippen LogP contribution in [0.1, 0.15) is 5.69 Å². The fourth-order valence-electron chi connectivity index (χ4n) is 3.11. The quantitative estimate of drug-likeness (QED) is 0.529. The van der Waals surface area contributed by atoms with E-state index in [0.29, 0.717) is 12.5 Å². The zero-order chi connectivity index (χ0) is 19.2. The van der Waals surface area contributed by atoms with Gasteiger partial charge in [0.15, 0.2) is 5.96 Å². The lowest BCUT2D eigenvalue weighted by Gasteiger charge is -2.35. The van der Waals surface area contributed by atoms with Gasteiger partial charge in [-0.05, 0) is 6.07 Å². The molecule has 0 atom stereocenters. The largest absolute Gasteiger partial charge is 0.370 e. The standard InChI is InChI=1S/C20H23N7S/c21-19(26-11-13-27(14-12-26)20-23-8-4-9-24-20)22-10-7-17-15-28-18(25-17)16-5-2-1-3-6-16/h1-6,8-9,15H,7,10-14H2,(H2,21,22). The maximum Gasteiger partial charge on any atom is 0.225 e. The third-order valence-corrected chi connectivity index (χ3v) is 5.59. The molecule has 3 aromatic rings. The maximum absolute atomic E-state index is 6.20. The van der Waals surface area contributed by atoms with Crippen molar-refractivity contribution in [3.05, 3.63) is 59.9 Å². The highest BCUT2D eigenvalue weighted by Gasteiger charge is 2.19. The number of aromatic nitrogens is 3. The summed E-state index contributed by atoms with van der Waals surface area (Å²) in [5, 5.41) is 3.15. The van der Waals surface area contributed by atoms with Crippen molar-refractivity contribution in [2.24, 2.45) is 10.7 Å². The Morgan fingerprint density at radius 2 is 1.79 bits per heavy atom. The highest BCUT2D eigenvalue weighted by atomic mass is 32.1. The molecule has 8 heteroatoms. The van der Waals surface area contributed by atoms with Gasteiger partial charge >= 0.3 is 0 Å². The molecular weight excluding hydrogens is 370 g/mol. The molecule has 0 radical (unpaired) electrons. The van der Waals surface area contributed by atoms with Crippen molar-refractivity contribution in [2.75, 3.05) is 37.6 Å². The van der Waals surface area contributed by atoms with E-state index >= 15 is 0 Å². The molecule has 2 N–H and O–H groups in total. The first kappa shape index (κ1) is 18.4. The number of nitrogens with two attached hydrogens (primary N) is 1. The summed E-state index contributed by atoms with van der Waals surface area (Å²) in [5.74, 6) is 1.38. The second kappa shape index (κ2) is 8.79. The summed E-state index contributed by atoms with van der Waals surface area (Å²) in [6.07, 6.45) is 4.33. The molecule has 1 aromatic carbocycles. The van der Waals surface area contributed by atoms with Crippen molar-refractivity contribution in [3.63, 3.8) is 0 Å². The number of benzene rings is 1. The van der Waals surface area contributed by atoms with Gasteiger partial charge in [-0.1, -0.05) is 30.3 Å². The second-order valence-corrected chi connectivity index (χ2v) is 7.38. The molecule has 0 bridgehead atoms. The average molecular weight is 394 g/mol. The first-order valence-corrected chi connectivity index (χ1v) is 10.2. The molecule has 0 amide bonds. The number of nitrogens with zero attached hydrogens (tertiary/aromatic N) is 6. The van der Waals surface area contributed by atoms with Crippen LogP contribution in [0.5, 0.6) is 0 Å². The molecule has 144 valence electrons. The van der Waals surface area contributed by atoms with Crippen LogP contribution in [0.15, 0.2) is 59.2 Å². The van der Waals surface area contributed by atoms with Crippen LogP contribution >= 0.6 is 11.3 Å². The topological polar surface area (TPSA) is 83.5 Å². The van der Waals surface area contributed by atoms with Crippen LogP contribution in [0.4, 0.5) is 5.95 Å². The van der Waals surface area contributed by atoms with Crippen molar-refractivity contribution < 1.29 is 0 Å². The van der Waals surface area contributed by atoms with Gasteiger partial charge in [0.05, 0.1) is 5.69 Å². The number of aliphatic imine (C=N–C) groups is 1. The van der Waals surface area contributed by atoms with Crippen LogP contribution in [0.3, 0.4) is 0 Å². The van der Waals surface area contributed by atoms with E-state index in [1.807, 2.05) is 24.3 Å². The van der Waals surface area contributed by atoms with E-state index in [9.17, 15) is 0 Å². The first-order valence-electron chi connectivity index (χ1n) is 9.36. The van der Waals surface area contributed by atoms with Gasteiger partial charge in [-0.25, -0.2) is 15.0 Å². The second-order valence-electron chi connectivity index (χ2n) is 6.52. The number of guanidine groups is 1.